The van der Waals surface area contributed by atoms with Crippen LogP contribution in [0.4, 0.5) is 0 Å². The third-order valence-corrected chi connectivity index (χ3v) is 3.33. The van der Waals surface area contributed by atoms with E-state index in [-0.39, 0.29) is 11.4 Å². The normalized spacial score (nSPS) is 15.0. The third-order valence-electron chi connectivity index (χ3n) is 3.33. The van der Waals surface area contributed by atoms with Gasteiger partial charge in [-0.2, -0.15) is 0 Å². The molecule has 1 aliphatic carbocycles. The molecule has 86 valence electrons. The minimum atomic E-state index is -0.387. The Morgan fingerprint density at radius 1 is 1.18 bits per heavy atom. The second kappa shape index (κ2) is 3.55. The van der Waals surface area contributed by atoms with Crippen molar-refractivity contribution in [2.45, 2.75) is 26.2 Å². The van der Waals surface area contributed by atoms with Crippen LogP contribution in [-0.4, -0.2) is 5.78 Å². The molecule has 1 aromatic carbocycles. The first-order valence-corrected chi connectivity index (χ1v) is 5.76. The lowest BCUT2D eigenvalue weighted by atomic mass is 9.88. The van der Waals surface area contributed by atoms with E-state index in [1.54, 1.807) is 0 Å². The van der Waals surface area contributed by atoms with Crippen LogP contribution in [0.5, 0.6) is 0 Å². The number of fused-ring (bicyclic) bond motifs is 3. The van der Waals surface area contributed by atoms with Gasteiger partial charge in [-0.3, -0.25) is 4.79 Å². The fourth-order valence-corrected chi connectivity index (χ4v) is 2.50. The lowest BCUT2D eigenvalue weighted by Crippen LogP contribution is -2.12. The summed E-state index contributed by atoms with van der Waals surface area (Å²) in [5.74, 6) is 0.0885. The number of Topliss-reactive ketones (excluding diaryl/α,β-unsaturated/α-hetero) is 1. The van der Waals surface area contributed by atoms with E-state index >= 15 is 0 Å². The first kappa shape index (κ1) is 10.3. The molecule has 3 rings (SSSR count). The molecule has 0 bridgehead atoms. The zero-order chi connectivity index (χ0) is 12.0. The van der Waals surface area contributed by atoms with E-state index in [4.69, 9.17) is 4.42 Å². The van der Waals surface area contributed by atoms with Crippen molar-refractivity contribution < 1.29 is 9.21 Å². The number of hydrogen-bond acceptors (Lipinski definition) is 3. The fourth-order valence-electron chi connectivity index (χ4n) is 2.50. The third kappa shape index (κ3) is 1.50. The molecule has 0 radical (unpaired) electrons. The first-order valence-electron chi connectivity index (χ1n) is 5.76. The minimum absolute atomic E-state index is 0.0885. The summed E-state index contributed by atoms with van der Waals surface area (Å²) >= 11 is 0. The van der Waals surface area contributed by atoms with Crippen LogP contribution in [0.1, 0.15) is 34.3 Å². The number of hydrogen-bond donors (Lipinski definition) is 0. The minimum Gasteiger partial charge on any atom is -0.422 e. The van der Waals surface area contributed by atoms with Crippen LogP contribution in [-0.2, 0) is 6.42 Å². The van der Waals surface area contributed by atoms with Crippen molar-refractivity contribution in [3.8, 4) is 0 Å². The number of carbonyl (C=O) groups excluding carboxylic acids is 1. The maximum atomic E-state index is 12.0. The lowest BCUT2D eigenvalue weighted by Gasteiger charge is -2.16. The molecule has 0 saturated carbocycles. The Morgan fingerprint density at radius 3 is 2.82 bits per heavy atom. The summed E-state index contributed by atoms with van der Waals surface area (Å²) in [7, 11) is 0. The first-order chi connectivity index (χ1) is 8.16. The van der Waals surface area contributed by atoms with Gasteiger partial charge in [0, 0.05) is 17.9 Å². The van der Waals surface area contributed by atoms with Crippen LogP contribution in [0.3, 0.4) is 0 Å². The molecule has 0 unspecified atom stereocenters. The van der Waals surface area contributed by atoms with E-state index in [2.05, 4.69) is 0 Å². The standard InChI is InChI=1S/C14H12O3/c1-8-7-12(16)17-14-10(8)6-5-9-3-2-4-11(15)13(9)14/h5-7H,2-4H2,1H3. The SMILES string of the molecule is Cc1cc(=O)oc2c3c(ccc12)CCCC3=O. The highest BCUT2D eigenvalue weighted by molar-refractivity contribution is 6.08. The molecule has 17 heavy (non-hydrogen) atoms. The van der Waals surface area contributed by atoms with Crippen LogP contribution in [0.2, 0.25) is 0 Å². The molecule has 0 N–H and O–H groups in total. The average molecular weight is 228 g/mol. The van der Waals surface area contributed by atoms with Gasteiger partial charge < -0.3 is 4.42 Å². The van der Waals surface area contributed by atoms with E-state index in [0.29, 0.717) is 17.6 Å². The number of rotatable bonds is 0. The molecule has 3 heteroatoms. The van der Waals surface area contributed by atoms with Crippen LogP contribution < -0.4 is 5.63 Å². The molecule has 1 heterocycles. The van der Waals surface area contributed by atoms with E-state index in [1.165, 1.54) is 6.07 Å². The second-order valence-corrected chi connectivity index (χ2v) is 4.50. The summed E-state index contributed by atoms with van der Waals surface area (Å²) in [6.45, 7) is 1.86. The van der Waals surface area contributed by atoms with Crippen LogP contribution >= 0.6 is 0 Å². The summed E-state index contributed by atoms with van der Waals surface area (Å²) in [6, 6.07) is 5.37. The summed E-state index contributed by atoms with van der Waals surface area (Å²) in [6.07, 6.45) is 2.31. The molecule has 0 saturated heterocycles. The zero-order valence-electron chi connectivity index (χ0n) is 9.58. The molecule has 0 fully saturated rings. The molecule has 3 nitrogen and oxygen atoms in total. The van der Waals surface area contributed by atoms with Crippen molar-refractivity contribution in [2.24, 2.45) is 0 Å². The number of aryl methyl sites for hydroxylation is 2. The van der Waals surface area contributed by atoms with E-state index in [1.807, 2.05) is 19.1 Å². The van der Waals surface area contributed by atoms with Gasteiger partial charge in [-0.05, 0) is 30.9 Å². The summed E-state index contributed by atoms with van der Waals surface area (Å²) in [5, 5.41) is 0.860. The van der Waals surface area contributed by atoms with Crippen LogP contribution in [0.15, 0.2) is 27.4 Å². The highest BCUT2D eigenvalue weighted by atomic mass is 16.4. The molecule has 0 aliphatic heterocycles. The molecule has 2 aromatic rings. The largest absolute Gasteiger partial charge is 0.422 e. The van der Waals surface area contributed by atoms with E-state index in [0.717, 1.165) is 29.4 Å². The number of ketones is 1. The lowest BCUT2D eigenvalue weighted by molar-refractivity contribution is 0.0973. The predicted octanol–water partition coefficient (Wildman–Crippen LogP) is 2.62. The summed E-state index contributed by atoms with van der Waals surface area (Å²) in [5.41, 5.74) is 2.56. The molecular weight excluding hydrogens is 216 g/mol. The summed E-state index contributed by atoms with van der Waals surface area (Å²) < 4.78 is 5.23. The van der Waals surface area contributed by atoms with Gasteiger partial charge >= 0.3 is 5.63 Å². The quantitative estimate of drug-likeness (QED) is 0.651. The molecular formula is C14H12O3. The zero-order valence-corrected chi connectivity index (χ0v) is 9.58. The van der Waals surface area contributed by atoms with Gasteiger partial charge in [0.2, 0.25) is 0 Å². The van der Waals surface area contributed by atoms with Crippen LogP contribution in [0.25, 0.3) is 11.0 Å². The van der Waals surface area contributed by atoms with Gasteiger partial charge in [-0.25, -0.2) is 4.79 Å². The van der Waals surface area contributed by atoms with Gasteiger partial charge in [0.25, 0.3) is 0 Å². The van der Waals surface area contributed by atoms with Gasteiger partial charge in [-0.1, -0.05) is 12.1 Å². The van der Waals surface area contributed by atoms with E-state index in [9.17, 15) is 9.59 Å². The maximum Gasteiger partial charge on any atom is 0.336 e. The number of carbonyl (C=O) groups is 1. The van der Waals surface area contributed by atoms with Crippen molar-refractivity contribution in [1.29, 1.82) is 0 Å². The average Bonchev–Trinajstić information content (AvgIpc) is 2.28. The van der Waals surface area contributed by atoms with Crippen molar-refractivity contribution in [3.05, 3.63) is 45.3 Å². The molecule has 0 atom stereocenters. The predicted molar refractivity (Wildman–Crippen MR) is 64.5 cm³/mol. The molecule has 0 spiro atoms. The Balaban J connectivity index is 2.48. The van der Waals surface area contributed by atoms with Crippen molar-refractivity contribution >= 4 is 16.8 Å². The highest BCUT2D eigenvalue weighted by Gasteiger charge is 2.22. The topological polar surface area (TPSA) is 47.3 Å². The monoisotopic (exact) mass is 228 g/mol. The Bertz CT molecular complexity index is 680. The smallest absolute Gasteiger partial charge is 0.336 e. The summed E-state index contributed by atoms with van der Waals surface area (Å²) in [4.78, 5) is 23.4. The van der Waals surface area contributed by atoms with Crippen molar-refractivity contribution in [1.82, 2.24) is 0 Å². The Kier molecular flexibility index (Phi) is 2.15. The highest BCUT2D eigenvalue weighted by Crippen LogP contribution is 2.29. The van der Waals surface area contributed by atoms with Crippen LogP contribution in [0, 0.1) is 6.92 Å². The van der Waals surface area contributed by atoms with Crippen molar-refractivity contribution in [2.75, 3.05) is 0 Å². The number of benzene rings is 1. The van der Waals surface area contributed by atoms with Gasteiger partial charge in [0.05, 0.1) is 5.56 Å². The second-order valence-electron chi connectivity index (χ2n) is 4.50. The molecule has 1 aliphatic rings. The van der Waals surface area contributed by atoms with E-state index < -0.39 is 0 Å². The van der Waals surface area contributed by atoms with Crippen molar-refractivity contribution in [3.63, 3.8) is 0 Å². The fraction of sp³-hybridized carbons (Fsp3) is 0.286. The molecule has 0 amide bonds. The van der Waals surface area contributed by atoms with Gasteiger partial charge in [0.1, 0.15) is 5.58 Å². The maximum absolute atomic E-state index is 12.0. The molecule has 1 aromatic heterocycles. The van der Waals surface area contributed by atoms with Gasteiger partial charge in [0.15, 0.2) is 5.78 Å². The Labute approximate surface area is 98.1 Å². The Hall–Kier alpha value is -1.90. The van der Waals surface area contributed by atoms with Gasteiger partial charge in [-0.15, -0.1) is 0 Å². The Morgan fingerprint density at radius 2 is 2.00 bits per heavy atom.